The monoisotopic (exact) mass is 240 g/mol. The summed E-state index contributed by atoms with van der Waals surface area (Å²) in [5.41, 5.74) is 14.0. The highest BCUT2D eigenvalue weighted by atomic mass is 15.0. The Kier molecular flexibility index (Phi) is 2.44. The molecule has 4 nitrogen and oxygen atoms in total. The third kappa shape index (κ3) is 1.90. The third-order valence-electron chi connectivity index (χ3n) is 3.65. The first-order valence-corrected chi connectivity index (χ1v) is 6.12. The Bertz CT molecular complexity index is 561. The van der Waals surface area contributed by atoms with Crippen molar-refractivity contribution >= 4 is 11.8 Å². The Labute approximate surface area is 106 Å². The van der Waals surface area contributed by atoms with Gasteiger partial charge in [0.05, 0.1) is 0 Å². The molecule has 2 aromatic rings. The molecule has 0 aliphatic heterocycles. The number of nitrogens with zero attached hydrogens (tertiary/aromatic N) is 2. The van der Waals surface area contributed by atoms with E-state index in [9.17, 15) is 0 Å². The molecule has 4 N–H and O–H groups in total. The first-order chi connectivity index (χ1) is 8.70. The lowest BCUT2D eigenvalue weighted by Crippen LogP contribution is -2.15. The van der Waals surface area contributed by atoms with E-state index in [1.54, 1.807) is 6.20 Å². The van der Waals surface area contributed by atoms with Gasteiger partial charge in [-0.2, -0.15) is 4.98 Å². The fourth-order valence-corrected chi connectivity index (χ4v) is 2.50. The van der Waals surface area contributed by atoms with Gasteiger partial charge >= 0.3 is 0 Å². The van der Waals surface area contributed by atoms with Crippen molar-refractivity contribution < 1.29 is 0 Å². The number of hydrogen-bond acceptors (Lipinski definition) is 4. The predicted octanol–water partition coefficient (Wildman–Crippen LogP) is 1.92. The van der Waals surface area contributed by atoms with E-state index in [2.05, 4.69) is 34.2 Å². The van der Waals surface area contributed by atoms with Crippen LogP contribution in [0.1, 0.15) is 24.0 Å². The van der Waals surface area contributed by atoms with Crippen LogP contribution < -0.4 is 11.5 Å². The van der Waals surface area contributed by atoms with Crippen molar-refractivity contribution in [3.63, 3.8) is 0 Å². The Balaban J connectivity index is 1.91. The van der Waals surface area contributed by atoms with Crippen LogP contribution >= 0.6 is 0 Å². The number of aromatic nitrogens is 2. The molecule has 0 radical (unpaired) electrons. The Hall–Kier alpha value is -2.10. The van der Waals surface area contributed by atoms with E-state index >= 15 is 0 Å². The van der Waals surface area contributed by atoms with Crippen molar-refractivity contribution in [1.29, 1.82) is 0 Å². The highest BCUT2D eigenvalue weighted by Gasteiger charge is 2.46. The largest absolute Gasteiger partial charge is 0.383 e. The summed E-state index contributed by atoms with van der Waals surface area (Å²) in [6, 6.07) is 10.5. The first kappa shape index (κ1) is 11.0. The highest BCUT2D eigenvalue weighted by molar-refractivity contribution is 5.49. The molecule has 0 amide bonds. The number of nitrogens with two attached hydrogens (primary N) is 2. The Morgan fingerprint density at radius 3 is 2.44 bits per heavy atom. The van der Waals surface area contributed by atoms with Gasteiger partial charge in [0, 0.05) is 17.2 Å². The van der Waals surface area contributed by atoms with Crippen LogP contribution in [0.5, 0.6) is 0 Å². The molecule has 1 saturated carbocycles. The number of rotatable bonds is 3. The van der Waals surface area contributed by atoms with Gasteiger partial charge in [-0.15, -0.1) is 0 Å². The number of hydrogen-bond donors (Lipinski definition) is 2. The molecule has 0 spiro atoms. The number of nitrogen functional groups attached to an aromatic ring is 2. The average molecular weight is 240 g/mol. The van der Waals surface area contributed by atoms with Crippen molar-refractivity contribution in [1.82, 2.24) is 9.97 Å². The molecule has 0 bridgehead atoms. The van der Waals surface area contributed by atoms with Gasteiger partial charge in [0.15, 0.2) is 0 Å². The van der Waals surface area contributed by atoms with Crippen LogP contribution in [0.25, 0.3) is 0 Å². The minimum atomic E-state index is 0.124. The molecule has 92 valence electrons. The second-order valence-electron chi connectivity index (χ2n) is 4.97. The van der Waals surface area contributed by atoms with Crippen LogP contribution in [-0.4, -0.2) is 9.97 Å². The normalized spacial score (nSPS) is 16.4. The van der Waals surface area contributed by atoms with Gasteiger partial charge in [-0.25, -0.2) is 4.98 Å². The summed E-state index contributed by atoms with van der Waals surface area (Å²) in [5, 5.41) is 0. The molecule has 1 aliphatic carbocycles. The van der Waals surface area contributed by atoms with Gasteiger partial charge in [-0.3, -0.25) is 0 Å². The third-order valence-corrected chi connectivity index (χ3v) is 3.65. The van der Waals surface area contributed by atoms with Crippen molar-refractivity contribution in [2.24, 2.45) is 0 Å². The molecule has 0 unspecified atom stereocenters. The van der Waals surface area contributed by atoms with E-state index in [0.29, 0.717) is 5.82 Å². The van der Waals surface area contributed by atoms with Crippen molar-refractivity contribution in [2.45, 2.75) is 24.7 Å². The van der Waals surface area contributed by atoms with Gasteiger partial charge in [0.1, 0.15) is 5.82 Å². The lowest BCUT2D eigenvalue weighted by Gasteiger charge is -2.17. The zero-order chi connectivity index (χ0) is 12.6. The van der Waals surface area contributed by atoms with Gasteiger partial charge in [0.2, 0.25) is 5.95 Å². The van der Waals surface area contributed by atoms with Gasteiger partial charge in [-0.1, -0.05) is 30.3 Å². The zero-order valence-electron chi connectivity index (χ0n) is 10.1. The van der Waals surface area contributed by atoms with E-state index in [-0.39, 0.29) is 11.4 Å². The standard InChI is InChI=1S/C14H16N4/c15-12-11(9-17-13(16)18-12)14(6-7-14)8-10-4-2-1-3-5-10/h1-5,9H,6-8H2,(H4,15,16,17,18). The van der Waals surface area contributed by atoms with Crippen LogP contribution in [-0.2, 0) is 11.8 Å². The first-order valence-electron chi connectivity index (χ1n) is 6.12. The van der Waals surface area contributed by atoms with E-state index < -0.39 is 0 Å². The van der Waals surface area contributed by atoms with Crippen LogP contribution in [0.4, 0.5) is 11.8 Å². The molecular weight excluding hydrogens is 224 g/mol. The van der Waals surface area contributed by atoms with Gasteiger partial charge < -0.3 is 11.5 Å². The molecular formula is C14H16N4. The molecule has 3 rings (SSSR count). The maximum Gasteiger partial charge on any atom is 0.221 e. The minimum absolute atomic E-state index is 0.124. The molecule has 1 heterocycles. The lowest BCUT2D eigenvalue weighted by molar-refractivity contribution is 0.683. The summed E-state index contributed by atoms with van der Waals surface area (Å²) >= 11 is 0. The van der Waals surface area contributed by atoms with Gasteiger partial charge in [-0.05, 0) is 24.8 Å². The molecule has 1 aromatic carbocycles. The maximum absolute atomic E-state index is 5.97. The van der Waals surface area contributed by atoms with Crippen molar-refractivity contribution in [3.05, 3.63) is 47.7 Å². The van der Waals surface area contributed by atoms with Crippen LogP contribution in [0.2, 0.25) is 0 Å². The summed E-state index contributed by atoms with van der Waals surface area (Å²) in [5.74, 6) is 0.766. The summed E-state index contributed by atoms with van der Waals surface area (Å²) in [4.78, 5) is 8.14. The van der Waals surface area contributed by atoms with Crippen LogP contribution in [0.15, 0.2) is 36.5 Å². The van der Waals surface area contributed by atoms with E-state index in [0.717, 1.165) is 24.8 Å². The van der Waals surface area contributed by atoms with E-state index in [4.69, 9.17) is 11.5 Å². The Morgan fingerprint density at radius 2 is 1.83 bits per heavy atom. The molecule has 0 saturated heterocycles. The lowest BCUT2D eigenvalue weighted by atomic mass is 9.90. The fourth-order valence-electron chi connectivity index (χ4n) is 2.50. The number of benzene rings is 1. The summed E-state index contributed by atoms with van der Waals surface area (Å²) in [6.45, 7) is 0. The number of anilines is 2. The average Bonchev–Trinajstić information content (AvgIpc) is 3.11. The van der Waals surface area contributed by atoms with Crippen molar-refractivity contribution in [2.75, 3.05) is 11.5 Å². The predicted molar refractivity (Wildman–Crippen MR) is 71.9 cm³/mol. The van der Waals surface area contributed by atoms with Crippen LogP contribution in [0, 0.1) is 0 Å². The fraction of sp³-hybridized carbons (Fsp3) is 0.286. The second kappa shape index (κ2) is 3.98. The van der Waals surface area contributed by atoms with E-state index in [1.165, 1.54) is 5.56 Å². The molecule has 18 heavy (non-hydrogen) atoms. The Morgan fingerprint density at radius 1 is 1.11 bits per heavy atom. The smallest absolute Gasteiger partial charge is 0.221 e. The summed E-state index contributed by atoms with van der Waals surface area (Å²) < 4.78 is 0. The quantitative estimate of drug-likeness (QED) is 0.859. The molecule has 0 atom stereocenters. The van der Waals surface area contributed by atoms with Gasteiger partial charge in [0.25, 0.3) is 0 Å². The summed E-state index contributed by atoms with van der Waals surface area (Å²) in [6.07, 6.45) is 5.05. The van der Waals surface area contributed by atoms with Crippen molar-refractivity contribution in [3.8, 4) is 0 Å². The SMILES string of the molecule is Nc1ncc(C2(Cc3ccccc3)CC2)c(N)n1. The molecule has 1 fully saturated rings. The minimum Gasteiger partial charge on any atom is -0.383 e. The second-order valence-corrected chi connectivity index (χ2v) is 4.97. The topological polar surface area (TPSA) is 77.8 Å². The maximum atomic E-state index is 5.97. The zero-order valence-corrected chi connectivity index (χ0v) is 10.1. The highest BCUT2D eigenvalue weighted by Crippen LogP contribution is 2.51. The molecule has 4 heteroatoms. The molecule has 1 aliphatic rings. The summed E-state index contributed by atoms with van der Waals surface area (Å²) in [7, 11) is 0. The van der Waals surface area contributed by atoms with E-state index in [1.807, 2.05) is 6.07 Å². The molecule has 1 aromatic heterocycles. The van der Waals surface area contributed by atoms with Crippen LogP contribution in [0.3, 0.4) is 0 Å².